The van der Waals surface area contributed by atoms with Gasteiger partial charge in [-0.05, 0) is 30.0 Å². The Balaban J connectivity index is 2.33. The summed E-state index contributed by atoms with van der Waals surface area (Å²) in [6.07, 6.45) is 3.99. The Hall–Kier alpha value is -2.37. The Bertz CT molecular complexity index is 682. The van der Waals surface area contributed by atoms with E-state index in [0.717, 1.165) is 6.42 Å². The van der Waals surface area contributed by atoms with Crippen LogP contribution in [0.25, 0.3) is 11.1 Å². The molecule has 0 saturated heterocycles. The Morgan fingerprint density at radius 1 is 1.35 bits per heavy atom. The zero-order chi connectivity index (χ0) is 17.0. The number of carbonyl (C=O) groups is 1. The van der Waals surface area contributed by atoms with Crippen LogP contribution in [0, 0.1) is 11.7 Å². The molecular weight excluding hydrogens is 299 g/mol. The molecule has 1 atom stereocenters. The highest BCUT2D eigenvalue weighted by Crippen LogP contribution is 2.27. The number of nitrogens with zero attached hydrogens (tertiary/aromatic N) is 2. The summed E-state index contributed by atoms with van der Waals surface area (Å²) in [5.41, 5.74) is 1.26. The average molecular weight is 320 g/mol. The van der Waals surface area contributed by atoms with Crippen molar-refractivity contribution in [3.63, 3.8) is 0 Å². The summed E-state index contributed by atoms with van der Waals surface area (Å²) in [5.74, 6) is -1.01. The summed E-state index contributed by atoms with van der Waals surface area (Å²) in [6.45, 7) is 6.12. The van der Waals surface area contributed by atoms with Gasteiger partial charge < -0.3 is 9.84 Å². The number of ether oxygens (including phenoxy) is 1. The summed E-state index contributed by atoms with van der Waals surface area (Å²) in [6, 6.07) is 3.68. The van der Waals surface area contributed by atoms with E-state index >= 15 is 0 Å². The van der Waals surface area contributed by atoms with Crippen LogP contribution in [0.3, 0.4) is 0 Å². The fourth-order valence-electron chi connectivity index (χ4n) is 2.38. The van der Waals surface area contributed by atoms with Gasteiger partial charge in [0, 0.05) is 17.8 Å². The van der Waals surface area contributed by atoms with Gasteiger partial charge in [-0.3, -0.25) is 4.68 Å². The normalized spacial score (nSPS) is 12.4. The molecule has 0 amide bonds. The van der Waals surface area contributed by atoms with E-state index in [1.165, 1.54) is 23.0 Å². The van der Waals surface area contributed by atoms with Crippen LogP contribution in [0.1, 0.15) is 33.2 Å². The number of hydrogen-bond acceptors (Lipinski definition) is 3. The maximum Gasteiger partial charge on any atom is 0.328 e. The molecule has 0 bridgehead atoms. The molecule has 2 rings (SSSR count). The number of aromatic nitrogens is 2. The van der Waals surface area contributed by atoms with E-state index in [4.69, 9.17) is 4.74 Å². The van der Waals surface area contributed by atoms with Crippen LogP contribution in [-0.4, -0.2) is 27.5 Å². The number of carboxylic acid groups (broad SMARTS) is 1. The first kappa shape index (κ1) is 17.0. The first-order chi connectivity index (χ1) is 10.9. The van der Waals surface area contributed by atoms with Gasteiger partial charge in [0.05, 0.1) is 12.8 Å². The molecule has 0 aliphatic rings. The van der Waals surface area contributed by atoms with Gasteiger partial charge in [0.2, 0.25) is 0 Å². The van der Waals surface area contributed by atoms with E-state index in [-0.39, 0.29) is 5.92 Å². The molecule has 0 aliphatic carbocycles. The SMILES string of the molecule is CCCOc1cc(F)cc(-c2cnn(C(C(=O)O)C(C)C)c2)c1. The van der Waals surface area contributed by atoms with Gasteiger partial charge in [0.1, 0.15) is 11.6 Å². The molecule has 0 saturated carbocycles. The first-order valence-corrected chi connectivity index (χ1v) is 7.63. The highest BCUT2D eigenvalue weighted by molar-refractivity contribution is 5.72. The monoisotopic (exact) mass is 320 g/mol. The predicted molar refractivity (Wildman–Crippen MR) is 84.9 cm³/mol. The van der Waals surface area contributed by atoms with Crippen LogP contribution in [0.2, 0.25) is 0 Å². The van der Waals surface area contributed by atoms with E-state index in [2.05, 4.69) is 5.10 Å². The topological polar surface area (TPSA) is 64.4 Å². The van der Waals surface area contributed by atoms with Gasteiger partial charge in [-0.15, -0.1) is 0 Å². The van der Waals surface area contributed by atoms with Crippen molar-refractivity contribution >= 4 is 5.97 Å². The number of benzene rings is 1. The zero-order valence-electron chi connectivity index (χ0n) is 13.5. The highest BCUT2D eigenvalue weighted by atomic mass is 19.1. The van der Waals surface area contributed by atoms with Crippen LogP contribution in [0.15, 0.2) is 30.6 Å². The van der Waals surface area contributed by atoms with Crippen LogP contribution in [-0.2, 0) is 4.79 Å². The van der Waals surface area contributed by atoms with Crippen LogP contribution in [0.4, 0.5) is 4.39 Å². The van der Waals surface area contributed by atoms with Gasteiger partial charge in [0.25, 0.3) is 0 Å². The van der Waals surface area contributed by atoms with Gasteiger partial charge in [-0.25, -0.2) is 9.18 Å². The summed E-state index contributed by atoms with van der Waals surface area (Å²) < 4.78 is 20.6. The first-order valence-electron chi connectivity index (χ1n) is 7.63. The lowest BCUT2D eigenvalue weighted by atomic mass is 10.0. The van der Waals surface area contributed by atoms with Crippen molar-refractivity contribution in [1.82, 2.24) is 9.78 Å². The van der Waals surface area contributed by atoms with Crippen molar-refractivity contribution in [2.24, 2.45) is 5.92 Å². The van der Waals surface area contributed by atoms with E-state index < -0.39 is 17.8 Å². The summed E-state index contributed by atoms with van der Waals surface area (Å²) in [7, 11) is 0. The number of hydrogen-bond donors (Lipinski definition) is 1. The van der Waals surface area contributed by atoms with Crippen molar-refractivity contribution in [2.45, 2.75) is 33.2 Å². The number of aliphatic carboxylic acids is 1. The van der Waals surface area contributed by atoms with Crippen molar-refractivity contribution in [1.29, 1.82) is 0 Å². The smallest absolute Gasteiger partial charge is 0.328 e. The molecule has 2 aromatic rings. The Morgan fingerprint density at radius 2 is 2.09 bits per heavy atom. The molecule has 0 fully saturated rings. The number of carboxylic acids is 1. The third-order valence-corrected chi connectivity index (χ3v) is 3.45. The van der Waals surface area contributed by atoms with Gasteiger partial charge in [0.15, 0.2) is 6.04 Å². The maximum atomic E-state index is 13.8. The molecule has 1 aromatic carbocycles. The Labute approximate surface area is 134 Å². The standard InChI is InChI=1S/C17H21FN2O3/c1-4-5-23-15-7-12(6-14(18)8-15)13-9-19-20(10-13)16(11(2)3)17(21)22/h6-11,16H,4-5H2,1-3H3,(H,21,22). The van der Waals surface area contributed by atoms with E-state index in [1.807, 2.05) is 20.8 Å². The Kier molecular flexibility index (Phi) is 5.36. The molecule has 1 heterocycles. The lowest BCUT2D eigenvalue weighted by Gasteiger charge is -2.16. The molecule has 23 heavy (non-hydrogen) atoms. The molecule has 5 nitrogen and oxygen atoms in total. The number of rotatable bonds is 7. The lowest BCUT2D eigenvalue weighted by Crippen LogP contribution is -2.24. The molecule has 6 heteroatoms. The van der Waals surface area contributed by atoms with Crippen LogP contribution >= 0.6 is 0 Å². The fraction of sp³-hybridized carbons (Fsp3) is 0.412. The Morgan fingerprint density at radius 3 is 2.70 bits per heavy atom. The molecule has 0 radical (unpaired) electrons. The quantitative estimate of drug-likeness (QED) is 0.843. The average Bonchev–Trinajstić information content (AvgIpc) is 2.93. The molecule has 1 N–H and O–H groups in total. The molecule has 0 aliphatic heterocycles. The minimum Gasteiger partial charge on any atom is -0.493 e. The molecule has 124 valence electrons. The molecule has 0 spiro atoms. The second kappa shape index (κ2) is 7.26. The van der Waals surface area contributed by atoms with Gasteiger partial charge >= 0.3 is 5.97 Å². The van der Waals surface area contributed by atoms with Gasteiger partial charge in [-0.2, -0.15) is 5.10 Å². The van der Waals surface area contributed by atoms with E-state index in [9.17, 15) is 14.3 Å². The minimum atomic E-state index is -0.944. The fourth-order valence-corrected chi connectivity index (χ4v) is 2.38. The zero-order valence-corrected chi connectivity index (χ0v) is 13.5. The molecule has 1 aromatic heterocycles. The summed E-state index contributed by atoms with van der Waals surface area (Å²) in [5, 5.41) is 13.5. The highest BCUT2D eigenvalue weighted by Gasteiger charge is 2.24. The third-order valence-electron chi connectivity index (χ3n) is 3.45. The summed E-state index contributed by atoms with van der Waals surface area (Å²) >= 11 is 0. The second-order valence-corrected chi connectivity index (χ2v) is 5.76. The molecule has 1 unspecified atom stereocenters. The maximum absolute atomic E-state index is 13.8. The van der Waals surface area contributed by atoms with E-state index in [0.29, 0.717) is 23.5 Å². The van der Waals surface area contributed by atoms with Crippen molar-refractivity contribution in [2.75, 3.05) is 6.61 Å². The van der Waals surface area contributed by atoms with Crippen molar-refractivity contribution in [3.05, 3.63) is 36.4 Å². The largest absolute Gasteiger partial charge is 0.493 e. The number of halogens is 1. The second-order valence-electron chi connectivity index (χ2n) is 5.76. The predicted octanol–water partition coefficient (Wildman–Crippen LogP) is 3.76. The van der Waals surface area contributed by atoms with Gasteiger partial charge in [-0.1, -0.05) is 20.8 Å². The van der Waals surface area contributed by atoms with E-state index in [1.54, 1.807) is 12.3 Å². The summed E-state index contributed by atoms with van der Waals surface area (Å²) in [4.78, 5) is 11.4. The minimum absolute atomic E-state index is 0.115. The molecular formula is C17H21FN2O3. The lowest BCUT2D eigenvalue weighted by molar-refractivity contribution is -0.142. The van der Waals surface area contributed by atoms with Crippen molar-refractivity contribution < 1.29 is 19.0 Å². The van der Waals surface area contributed by atoms with Crippen LogP contribution in [0.5, 0.6) is 5.75 Å². The van der Waals surface area contributed by atoms with Crippen molar-refractivity contribution in [3.8, 4) is 16.9 Å². The third kappa shape index (κ3) is 4.09. The van der Waals surface area contributed by atoms with Crippen LogP contribution < -0.4 is 4.74 Å².